The Hall–Kier alpha value is -3.10. The first kappa shape index (κ1) is 19.2. The van der Waals surface area contributed by atoms with E-state index in [2.05, 4.69) is 20.3 Å². The number of nitrogens with one attached hydrogen (secondary N) is 1. The maximum absolute atomic E-state index is 14.4. The van der Waals surface area contributed by atoms with E-state index in [1.807, 2.05) is 0 Å². The highest BCUT2D eigenvalue weighted by molar-refractivity contribution is 6.30. The van der Waals surface area contributed by atoms with Crippen LogP contribution in [0.2, 0.25) is 5.02 Å². The van der Waals surface area contributed by atoms with Crippen LogP contribution in [-0.4, -0.2) is 27.5 Å². The third kappa shape index (κ3) is 3.90. The smallest absolute Gasteiger partial charge is 0.341 e. The molecule has 2 aromatic heterocycles. The molecular formula is C20H16ClFN4O3. The van der Waals surface area contributed by atoms with Gasteiger partial charge in [-0.2, -0.15) is 0 Å². The van der Waals surface area contributed by atoms with E-state index >= 15 is 0 Å². The largest absolute Gasteiger partial charge is 0.462 e. The summed E-state index contributed by atoms with van der Waals surface area (Å²) in [5, 5.41) is 3.42. The molecule has 0 atom stereocenters. The number of nitrogens with zero attached hydrogens (tertiary/aromatic N) is 3. The number of ether oxygens (including phenoxy) is 2. The lowest BCUT2D eigenvalue weighted by Gasteiger charge is -2.13. The zero-order valence-corrected chi connectivity index (χ0v) is 16.2. The van der Waals surface area contributed by atoms with Crippen LogP contribution in [0.4, 0.5) is 16.0 Å². The Morgan fingerprint density at radius 1 is 1.28 bits per heavy atom. The molecule has 0 bridgehead atoms. The van der Waals surface area contributed by atoms with Gasteiger partial charge in [-0.05, 0) is 37.3 Å². The summed E-state index contributed by atoms with van der Waals surface area (Å²) in [5.41, 5.74) is 1.78. The molecule has 3 heterocycles. The highest BCUT2D eigenvalue weighted by atomic mass is 35.5. The van der Waals surface area contributed by atoms with Gasteiger partial charge in [0, 0.05) is 16.8 Å². The number of aromatic nitrogens is 3. The van der Waals surface area contributed by atoms with Crippen molar-refractivity contribution in [3.05, 3.63) is 64.2 Å². The molecule has 1 aliphatic heterocycles. The number of hydrogen-bond acceptors (Lipinski definition) is 7. The van der Waals surface area contributed by atoms with Gasteiger partial charge >= 0.3 is 5.97 Å². The SMILES string of the molecule is CCOC(=O)c1cccnc1Nc1nc(-c2cc(Cl)ccc2F)nc2c1COC2. The van der Waals surface area contributed by atoms with Crippen LogP contribution in [0.15, 0.2) is 36.5 Å². The molecule has 7 nitrogen and oxygen atoms in total. The third-order valence-corrected chi connectivity index (χ3v) is 4.52. The Bertz CT molecular complexity index is 1090. The van der Waals surface area contributed by atoms with E-state index in [0.29, 0.717) is 16.5 Å². The number of benzene rings is 1. The standard InChI is InChI=1S/C20H16ClFN4O3/c1-2-29-20(27)12-4-3-7-23-17(12)25-19-14-9-28-10-16(14)24-18(26-19)13-8-11(21)5-6-15(13)22/h3-8H,2,9-10H2,1H3,(H,23,24,25,26). The summed E-state index contributed by atoms with van der Waals surface area (Å²) in [6.45, 7) is 2.52. The molecule has 4 rings (SSSR count). The molecule has 0 radical (unpaired) electrons. The molecular weight excluding hydrogens is 399 g/mol. The minimum Gasteiger partial charge on any atom is -0.462 e. The first-order valence-corrected chi connectivity index (χ1v) is 9.26. The second-order valence-corrected chi connectivity index (χ2v) is 6.62. The first-order valence-electron chi connectivity index (χ1n) is 8.89. The Labute approximate surface area is 170 Å². The van der Waals surface area contributed by atoms with Crippen LogP contribution in [0.5, 0.6) is 0 Å². The monoisotopic (exact) mass is 414 g/mol. The molecule has 1 aliphatic rings. The summed E-state index contributed by atoms with van der Waals surface area (Å²) in [6.07, 6.45) is 1.54. The summed E-state index contributed by atoms with van der Waals surface area (Å²) in [7, 11) is 0. The quantitative estimate of drug-likeness (QED) is 0.623. The van der Waals surface area contributed by atoms with Crippen molar-refractivity contribution in [1.82, 2.24) is 15.0 Å². The van der Waals surface area contributed by atoms with Crippen molar-refractivity contribution in [2.45, 2.75) is 20.1 Å². The van der Waals surface area contributed by atoms with Gasteiger partial charge in [0.25, 0.3) is 0 Å². The van der Waals surface area contributed by atoms with E-state index in [1.165, 1.54) is 18.2 Å². The lowest BCUT2D eigenvalue weighted by atomic mass is 10.1. The summed E-state index contributed by atoms with van der Waals surface area (Å²) in [4.78, 5) is 25.4. The molecule has 0 amide bonds. The van der Waals surface area contributed by atoms with Crippen molar-refractivity contribution in [2.75, 3.05) is 11.9 Å². The fourth-order valence-electron chi connectivity index (χ4n) is 2.93. The Balaban J connectivity index is 1.79. The summed E-state index contributed by atoms with van der Waals surface area (Å²) < 4.78 is 24.9. The minimum atomic E-state index is -0.508. The Morgan fingerprint density at radius 3 is 2.97 bits per heavy atom. The molecule has 9 heteroatoms. The van der Waals surface area contributed by atoms with E-state index in [0.717, 1.165) is 5.56 Å². The zero-order valence-electron chi connectivity index (χ0n) is 15.4. The van der Waals surface area contributed by atoms with Gasteiger partial charge < -0.3 is 14.8 Å². The normalized spacial score (nSPS) is 12.5. The lowest BCUT2D eigenvalue weighted by Crippen LogP contribution is -2.11. The molecule has 0 aliphatic carbocycles. The van der Waals surface area contributed by atoms with E-state index in [4.69, 9.17) is 21.1 Å². The van der Waals surface area contributed by atoms with Crippen molar-refractivity contribution >= 4 is 29.2 Å². The second kappa shape index (κ2) is 8.10. The topological polar surface area (TPSA) is 86.2 Å². The summed E-state index contributed by atoms with van der Waals surface area (Å²) >= 11 is 6.01. The molecule has 29 heavy (non-hydrogen) atoms. The van der Waals surface area contributed by atoms with Crippen molar-refractivity contribution in [1.29, 1.82) is 0 Å². The average Bonchev–Trinajstić information content (AvgIpc) is 3.19. The minimum absolute atomic E-state index is 0.158. The third-order valence-electron chi connectivity index (χ3n) is 4.29. The van der Waals surface area contributed by atoms with Gasteiger partial charge in [0.2, 0.25) is 0 Å². The van der Waals surface area contributed by atoms with Crippen LogP contribution >= 0.6 is 11.6 Å². The average molecular weight is 415 g/mol. The molecule has 1 N–H and O–H groups in total. The fourth-order valence-corrected chi connectivity index (χ4v) is 3.11. The number of pyridine rings is 1. The van der Waals surface area contributed by atoms with Gasteiger partial charge in [-0.25, -0.2) is 24.1 Å². The van der Waals surface area contributed by atoms with Gasteiger partial charge in [-0.15, -0.1) is 0 Å². The maximum atomic E-state index is 14.4. The fraction of sp³-hybridized carbons (Fsp3) is 0.200. The number of anilines is 2. The van der Waals surface area contributed by atoms with E-state index in [9.17, 15) is 9.18 Å². The van der Waals surface area contributed by atoms with Gasteiger partial charge in [-0.1, -0.05) is 11.6 Å². The number of fused-ring (bicyclic) bond motifs is 1. The predicted molar refractivity (Wildman–Crippen MR) is 104 cm³/mol. The molecule has 0 saturated carbocycles. The lowest BCUT2D eigenvalue weighted by molar-refractivity contribution is 0.0527. The van der Waals surface area contributed by atoms with E-state index < -0.39 is 11.8 Å². The Kier molecular flexibility index (Phi) is 5.37. The van der Waals surface area contributed by atoms with E-state index in [-0.39, 0.29) is 42.6 Å². The zero-order chi connectivity index (χ0) is 20.4. The summed E-state index contributed by atoms with van der Waals surface area (Å²) in [6, 6.07) is 7.41. The van der Waals surface area contributed by atoms with Crippen molar-refractivity contribution in [2.24, 2.45) is 0 Å². The number of rotatable bonds is 5. The molecule has 1 aromatic carbocycles. The number of esters is 1. The predicted octanol–water partition coefficient (Wildman–Crippen LogP) is 4.28. The van der Waals surface area contributed by atoms with Gasteiger partial charge in [0.1, 0.15) is 23.0 Å². The first-order chi connectivity index (χ1) is 14.1. The second-order valence-electron chi connectivity index (χ2n) is 6.18. The number of carbonyl (C=O) groups excluding carboxylic acids is 1. The van der Waals surface area contributed by atoms with Crippen molar-refractivity contribution < 1.29 is 18.7 Å². The van der Waals surface area contributed by atoms with Gasteiger partial charge in [0.15, 0.2) is 5.82 Å². The van der Waals surface area contributed by atoms with Crippen LogP contribution < -0.4 is 5.32 Å². The number of halogens is 2. The van der Waals surface area contributed by atoms with Crippen LogP contribution in [0.1, 0.15) is 28.5 Å². The maximum Gasteiger partial charge on any atom is 0.341 e. The molecule has 148 valence electrons. The van der Waals surface area contributed by atoms with Crippen LogP contribution in [-0.2, 0) is 22.7 Å². The Morgan fingerprint density at radius 2 is 2.14 bits per heavy atom. The van der Waals surface area contributed by atoms with Gasteiger partial charge in [0.05, 0.1) is 31.1 Å². The number of hydrogen-bond donors (Lipinski definition) is 1. The number of carbonyl (C=O) groups is 1. The highest BCUT2D eigenvalue weighted by Gasteiger charge is 2.23. The van der Waals surface area contributed by atoms with E-state index in [1.54, 1.807) is 25.3 Å². The molecule has 0 unspecified atom stereocenters. The van der Waals surface area contributed by atoms with Crippen LogP contribution in [0.3, 0.4) is 0 Å². The van der Waals surface area contributed by atoms with Gasteiger partial charge in [-0.3, -0.25) is 0 Å². The summed E-state index contributed by atoms with van der Waals surface area (Å²) in [5.74, 6) is -0.191. The molecule has 0 spiro atoms. The van der Waals surface area contributed by atoms with Crippen molar-refractivity contribution in [3.8, 4) is 11.4 Å². The molecule has 0 saturated heterocycles. The van der Waals surface area contributed by atoms with Crippen LogP contribution in [0, 0.1) is 5.82 Å². The highest BCUT2D eigenvalue weighted by Crippen LogP contribution is 2.32. The molecule has 3 aromatic rings. The van der Waals surface area contributed by atoms with Crippen LogP contribution in [0.25, 0.3) is 11.4 Å². The molecule has 0 fully saturated rings. The van der Waals surface area contributed by atoms with Crippen molar-refractivity contribution in [3.63, 3.8) is 0 Å².